The second kappa shape index (κ2) is 7.14. The van der Waals surface area contributed by atoms with Crippen LogP contribution in [0.5, 0.6) is 0 Å². The first-order chi connectivity index (χ1) is 8.90. The summed E-state index contributed by atoms with van der Waals surface area (Å²) >= 11 is 5.78. The zero-order chi connectivity index (χ0) is 14.4. The van der Waals surface area contributed by atoms with E-state index in [2.05, 4.69) is 5.32 Å². The van der Waals surface area contributed by atoms with Gasteiger partial charge in [0.25, 0.3) is 0 Å². The molecule has 0 spiro atoms. The van der Waals surface area contributed by atoms with Gasteiger partial charge in [-0.3, -0.25) is 9.59 Å². The van der Waals surface area contributed by atoms with E-state index in [1.807, 2.05) is 26.0 Å². The minimum atomic E-state index is -0.168. The summed E-state index contributed by atoms with van der Waals surface area (Å²) in [5.74, 6) is -0.268. The van der Waals surface area contributed by atoms with Gasteiger partial charge >= 0.3 is 0 Å². The molecule has 0 fully saturated rings. The normalized spacial score (nSPS) is 10.4. The predicted molar refractivity (Wildman–Crippen MR) is 75.8 cm³/mol. The van der Waals surface area contributed by atoms with Crippen LogP contribution in [0, 0.1) is 0 Å². The smallest absolute Gasteiger partial charge is 0.239 e. The van der Waals surface area contributed by atoms with Crippen molar-refractivity contribution in [2.75, 3.05) is 6.54 Å². The summed E-state index contributed by atoms with van der Waals surface area (Å²) in [4.78, 5) is 24.7. The number of halogens is 1. The average Bonchev–Trinajstić information content (AvgIpc) is 2.34. The van der Waals surface area contributed by atoms with Crippen molar-refractivity contribution in [2.45, 2.75) is 33.4 Å². The van der Waals surface area contributed by atoms with Gasteiger partial charge in [-0.25, -0.2) is 0 Å². The molecular formula is C14H19ClN2O2. The molecule has 0 atom stereocenters. The van der Waals surface area contributed by atoms with E-state index in [0.29, 0.717) is 11.6 Å². The van der Waals surface area contributed by atoms with E-state index in [9.17, 15) is 9.59 Å². The molecule has 0 saturated heterocycles. The van der Waals surface area contributed by atoms with Gasteiger partial charge in [0.1, 0.15) is 0 Å². The van der Waals surface area contributed by atoms with Crippen molar-refractivity contribution >= 4 is 23.4 Å². The quantitative estimate of drug-likeness (QED) is 0.900. The molecule has 1 N–H and O–H groups in total. The van der Waals surface area contributed by atoms with E-state index >= 15 is 0 Å². The highest BCUT2D eigenvalue weighted by atomic mass is 35.5. The lowest BCUT2D eigenvalue weighted by molar-refractivity contribution is -0.136. The molecule has 0 radical (unpaired) electrons. The number of hydrogen-bond donors (Lipinski definition) is 1. The molecular weight excluding hydrogens is 264 g/mol. The lowest BCUT2D eigenvalue weighted by Gasteiger charge is -2.24. The third kappa shape index (κ3) is 5.30. The van der Waals surface area contributed by atoms with Crippen LogP contribution in [0.4, 0.5) is 0 Å². The van der Waals surface area contributed by atoms with Crippen LogP contribution in [-0.2, 0) is 16.1 Å². The molecule has 4 nitrogen and oxygen atoms in total. The van der Waals surface area contributed by atoms with Gasteiger partial charge in [-0.2, -0.15) is 0 Å². The van der Waals surface area contributed by atoms with Gasteiger partial charge in [-0.15, -0.1) is 0 Å². The molecule has 0 heterocycles. The number of rotatable bonds is 5. The summed E-state index contributed by atoms with van der Waals surface area (Å²) in [7, 11) is 0. The zero-order valence-electron chi connectivity index (χ0n) is 11.4. The van der Waals surface area contributed by atoms with E-state index in [4.69, 9.17) is 11.6 Å². The predicted octanol–water partition coefficient (Wildman–Crippen LogP) is 2.21. The summed E-state index contributed by atoms with van der Waals surface area (Å²) in [6, 6.07) is 7.28. The van der Waals surface area contributed by atoms with E-state index in [0.717, 1.165) is 5.56 Å². The van der Waals surface area contributed by atoms with Crippen molar-refractivity contribution in [1.82, 2.24) is 10.2 Å². The Morgan fingerprint density at radius 1 is 1.26 bits per heavy atom. The lowest BCUT2D eigenvalue weighted by Crippen LogP contribution is -2.43. The number of nitrogens with zero attached hydrogens (tertiary/aromatic N) is 1. The van der Waals surface area contributed by atoms with Gasteiger partial charge in [0.2, 0.25) is 11.8 Å². The molecule has 0 aliphatic heterocycles. The van der Waals surface area contributed by atoms with Crippen molar-refractivity contribution in [3.8, 4) is 0 Å². The molecule has 19 heavy (non-hydrogen) atoms. The Morgan fingerprint density at radius 3 is 2.32 bits per heavy atom. The Balaban J connectivity index is 2.47. The van der Waals surface area contributed by atoms with Crippen LogP contribution in [0.15, 0.2) is 24.3 Å². The average molecular weight is 283 g/mol. The van der Waals surface area contributed by atoms with Crippen molar-refractivity contribution in [3.63, 3.8) is 0 Å². The van der Waals surface area contributed by atoms with Crippen molar-refractivity contribution < 1.29 is 9.59 Å². The number of carbonyl (C=O) groups excluding carboxylic acids is 2. The number of carbonyl (C=O) groups is 2. The SMILES string of the molecule is CC(=O)N(CC(=O)NCc1ccc(Cl)cc1)C(C)C. The molecule has 0 unspecified atom stereocenters. The number of benzene rings is 1. The van der Waals surface area contributed by atoms with Crippen LogP contribution in [0.2, 0.25) is 5.02 Å². The van der Waals surface area contributed by atoms with Crippen LogP contribution < -0.4 is 5.32 Å². The van der Waals surface area contributed by atoms with E-state index in [1.54, 1.807) is 12.1 Å². The largest absolute Gasteiger partial charge is 0.350 e. The lowest BCUT2D eigenvalue weighted by atomic mass is 10.2. The number of amides is 2. The first-order valence-electron chi connectivity index (χ1n) is 6.18. The highest BCUT2D eigenvalue weighted by Crippen LogP contribution is 2.09. The molecule has 0 aromatic heterocycles. The first kappa shape index (κ1) is 15.5. The summed E-state index contributed by atoms with van der Waals surface area (Å²) < 4.78 is 0. The standard InChI is InChI=1S/C14H19ClN2O2/c1-10(2)17(11(3)18)9-14(19)16-8-12-4-6-13(15)7-5-12/h4-7,10H,8-9H2,1-3H3,(H,16,19). The molecule has 0 bridgehead atoms. The van der Waals surface area contributed by atoms with Crippen LogP contribution in [0.25, 0.3) is 0 Å². The van der Waals surface area contributed by atoms with Gasteiger partial charge in [0.15, 0.2) is 0 Å². The molecule has 1 aromatic rings. The summed E-state index contributed by atoms with van der Waals surface area (Å²) in [6.07, 6.45) is 0. The molecule has 0 aliphatic rings. The van der Waals surface area contributed by atoms with Crippen molar-refractivity contribution in [2.24, 2.45) is 0 Å². The number of hydrogen-bond acceptors (Lipinski definition) is 2. The Morgan fingerprint density at radius 2 is 1.84 bits per heavy atom. The van der Waals surface area contributed by atoms with Crippen LogP contribution >= 0.6 is 11.6 Å². The maximum Gasteiger partial charge on any atom is 0.239 e. The van der Waals surface area contributed by atoms with Gasteiger partial charge in [0.05, 0.1) is 6.54 Å². The van der Waals surface area contributed by atoms with Gasteiger partial charge < -0.3 is 10.2 Å². The van der Waals surface area contributed by atoms with Gasteiger partial charge in [-0.1, -0.05) is 23.7 Å². The minimum Gasteiger partial charge on any atom is -0.350 e. The summed E-state index contributed by atoms with van der Waals surface area (Å²) in [5.41, 5.74) is 0.969. The fraction of sp³-hybridized carbons (Fsp3) is 0.429. The van der Waals surface area contributed by atoms with Crippen molar-refractivity contribution in [1.29, 1.82) is 0 Å². The molecule has 0 aliphatic carbocycles. The Bertz CT molecular complexity index is 443. The Labute approximate surface area is 118 Å². The maximum atomic E-state index is 11.8. The fourth-order valence-corrected chi connectivity index (χ4v) is 1.80. The third-order valence-corrected chi connectivity index (χ3v) is 3.00. The monoisotopic (exact) mass is 282 g/mol. The zero-order valence-corrected chi connectivity index (χ0v) is 12.2. The van der Waals surface area contributed by atoms with E-state index in [-0.39, 0.29) is 24.4 Å². The molecule has 1 rings (SSSR count). The van der Waals surface area contributed by atoms with Crippen LogP contribution in [0.1, 0.15) is 26.3 Å². The highest BCUT2D eigenvalue weighted by Gasteiger charge is 2.16. The van der Waals surface area contributed by atoms with Gasteiger partial charge in [-0.05, 0) is 31.5 Å². The summed E-state index contributed by atoms with van der Waals surface area (Å²) in [5, 5.41) is 3.45. The highest BCUT2D eigenvalue weighted by molar-refractivity contribution is 6.30. The molecule has 104 valence electrons. The van der Waals surface area contributed by atoms with E-state index < -0.39 is 0 Å². The number of nitrogens with one attached hydrogen (secondary N) is 1. The Kier molecular flexibility index (Phi) is 5.83. The van der Waals surface area contributed by atoms with E-state index in [1.165, 1.54) is 11.8 Å². The van der Waals surface area contributed by atoms with Crippen LogP contribution in [-0.4, -0.2) is 29.3 Å². The minimum absolute atomic E-state index is 0.0128. The van der Waals surface area contributed by atoms with Crippen LogP contribution in [0.3, 0.4) is 0 Å². The third-order valence-electron chi connectivity index (χ3n) is 2.74. The summed E-state index contributed by atoms with van der Waals surface area (Å²) in [6.45, 7) is 5.74. The fourth-order valence-electron chi connectivity index (χ4n) is 1.67. The molecule has 1 aromatic carbocycles. The molecule has 0 saturated carbocycles. The van der Waals surface area contributed by atoms with Gasteiger partial charge in [0, 0.05) is 24.5 Å². The Hall–Kier alpha value is -1.55. The second-order valence-electron chi connectivity index (χ2n) is 4.64. The molecule has 2 amide bonds. The first-order valence-corrected chi connectivity index (χ1v) is 6.56. The maximum absolute atomic E-state index is 11.8. The van der Waals surface area contributed by atoms with Crippen molar-refractivity contribution in [3.05, 3.63) is 34.9 Å². The topological polar surface area (TPSA) is 49.4 Å². The second-order valence-corrected chi connectivity index (χ2v) is 5.08. The molecule has 5 heteroatoms.